The average molecular weight is 412 g/mol. The van der Waals surface area contributed by atoms with Crippen LogP contribution in [0.25, 0.3) is 0 Å². The summed E-state index contributed by atoms with van der Waals surface area (Å²) in [7, 11) is 0. The van der Waals surface area contributed by atoms with E-state index in [2.05, 4.69) is 26.6 Å². The summed E-state index contributed by atoms with van der Waals surface area (Å²) in [5, 5.41) is 6.31. The van der Waals surface area contributed by atoms with Crippen LogP contribution in [0.5, 0.6) is 11.5 Å². The van der Waals surface area contributed by atoms with Crippen LogP contribution in [0.1, 0.15) is 5.56 Å². The summed E-state index contributed by atoms with van der Waals surface area (Å²) in [6.45, 7) is 1.53. The molecular formula is C17H16BrClN2O3. The number of benzene rings is 2. The van der Waals surface area contributed by atoms with Gasteiger partial charge in [0.1, 0.15) is 13.2 Å². The van der Waals surface area contributed by atoms with Gasteiger partial charge < -0.3 is 20.1 Å². The Balaban J connectivity index is 1.55. The molecule has 2 aromatic rings. The number of ether oxygens (including phenoxy) is 2. The van der Waals surface area contributed by atoms with Crippen LogP contribution in [0.3, 0.4) is 0 Å². The highest BCUT2D eigenvalue weighted by molar-refractivity contribution is 9.10. The molecule has 1 aliphatic rings. The summed E-state index contributed by atoms with van der Waals surface area (Å²) in [6.07, 6.45) is 0.705. The van der Waals surface area contributed by atoms with E-state index in [1.54, 1.807) is 12.1 Å². The molecule has 0 saturated heterocycles. The molecule has 3 rings (SSSR count). The third-order valence-electron chi connectivity index (χ3n) is 3.47. The first-order chi connectivity index (χ1) is 11.6. The predicted octanol–water partition coefficient (Wildman–Crippen LogP) is 4.24. The number of anilines is 1. The van der Waals surface area contributed by atoms with Crippen molar-refractivity contribution >= 4 is 39.2 Å². The monoisotopic (exact) mass is 410 g/mol. The summed E-state index contributed by atoms with van der Waals surface area (Å²) in [5.41, 5.74) is 1.70. The van der Waals surface area contributed by atoms with Crippen molar-refractivity contribution in [3.05, 3.63) is 51.5 Å². The largest absolute Gasteiger partial charge is 0.486 e. The predicted molar refractivity (Wildman–Crippen MR) is 97.3 cm³/mol. The Bertz CT molecular complexity index is 755. The van der Waals surface area contributed by atoms with Crippen LogP contribution in [0.2, 0.25) is 5.02 Å². The summed E-state index contributed by atoms with van der Waals surface area (Å²) < 4.78 is 11.7. The highest BCUT2D eigenvalue weighted by atomic mass is 79.9. The second-order valence-electron chi connectivity index (χ2n) is 5.24. The quantitative estimate of drug-likeness (QED) is 0.791. The van der Waals surface area contributed by atoms with Gasteiger partial charge in [-0.25, -0.2) is 4.79 Å². The lowest BCUT2D eigenvalue weighted by atomic mass is 10.1. The van der Waals surface area contributed by atoms with Gasteiger partial charge >= 0.3 is 6.03 Å². The Kier molecular flexibility index (Phi) is 5.48. The molecule has 0 aliphatic carbocycles. The molecule has 24 heavy (non-hydrogen) atoms. The van der Waals surface area contributed by atoms with Gasteiger partial charge in [-0.1, -0.05) is 23.7 Å². The number of rotatable bonds is 4. The van der Waals surface area contributed by atoms with E-state index in [0.717, 1.165) is 10.0 Å². The maximum atomic E-state index is 12.0. The number of hydrogen-bond acceptors (Lipinski definition) is 3. The molecule has 2 N–H and O–H groups in total. The molecule has 0 atom stereocenters. The normalized spacial score (nSPS) is 12.6. The van der Waals surface area contributed by atoms with E-state index in [0.29, 0.717) is 48.4 Å². The number of urea groups is 1. The maximum absolute atomic E-state index is 12.0. The van der Waals surface area contributed by atoms with Gasteiger partial charge in [0.15, 0.2) is 11.5 Å². The molecule has 0 saturated carbocycles. The van der Waals surface area contributed by atoms with Crippen LogP contribution in [-0.4, -0.2) is 25.8 Å². The highest BCUT2D eigenvalue weighted by Crippen LogP contribution is 2.38. The van der Waals surface area contributed by atoms with E-state index in [4.69, 9.17) is 21.1 Å². The lowest BCUT2D eigenvalue weighted by Crippen LogP contribution is -2.30. The lowest BCUT2D eigenvalue weighted by molar-refractivity contribution is 0.171. The van der Waals surface area contributed by atoms with Gasteiger partial charge in [0.2, 0.25) is 0 Å². The molecule has 0 fully saturated rings. The smallest absolute Gasteiger partial charge is 0.319 e. The summed E-state index contributed by atoms with van der Waals surface area (Å²) in [4.78, 5) is 12.0. The van der Waals surface area contributed by atoms with Crippen molar-refractivity contribution in [2.24, 2.45) is 0 Å². The van der Waals surface area contributed by atoms with Gasteiger partial charge in [-0.2, -0.15) is 0 Å². The van der Waals surface area contributed by atoms with Gasteiger partial charge in [-0.05, 0) is 40.0 Å². The van der Waals surface area contributed by atoms with E-state index in [9.17, 15) is 4.79 Å². The van der Waals surface area contributed by atoms with Crippen LogP contribution >= 0.6 is 27.5 Å². The van der Waals surface area contributed by atoms with Crippen molar-refractivity contribution in [3.8, 4) is 11.5 Å². The first kappa shape index (κ1) is 16.9. The highest BCUT2D eigenvalue weighted by Gasteiger charge is 2.16. The van der Waals surface area contributed by atoms with Crippen molar-refractivity contribution in [1.82, 2.24) is 5.32 Å². The van der Waals surface area contributed by atoms with E-state index in [-0.39, 0.29) is 6.03 Å². The van der Waals surface area contributed by atoms with Crippen LogP contribution in [-0.2, 0) is 6.42 Å². The van der Waals surface area contributed by atoms with E-state index < -0.39 is 0 Å². The average Bonchev–Trinajstić information content (AvgIpc) is 2.55. The van der Waals surface area contributed by atoms with Crippen LogP contribution < -0.4 is 20.1 Å². The van der Waals surface area contributed by atoms with Crippen molar-refractivity contribution in [1.29, 1.82) is 0 Å². The Morgan fingerprint density at radius 2 is 1.92 bits per heavy atom. The molecular weight excluding hydrogens is 396 g/mol. The van der Waals surface area contributed by atoms with Crippen LogP contribution in [0, 0.1) is 0 Å². The zero-order chi connectivity index (χ0) is 16.9. The number of fused-ring (bicyclic) bond motifs is 1. The van der Waals surface area contributed by atoms with E-state index in [1.807, 2.05) is 24.3 Å². The maximum Gasteiger partial charge on any atom is 0.319 e. The van der Waals surface area contributed by atoms with Gasteiger partial charge in [-0.3, -0.25) is 0 Å². The van der Waals surface area contributed by atoms with Gasteiger partial charge in [0.25, 0.3) is 0 Å². The zero-order valence-electron chi connectivity index (χ0n) is 12.8. The number of hydrogen-bond donors (Lipinski definition) is 2. The minimum absolute atomic E-state index is 0.283. The van der Waals surface area contributed by atoms with Crippen molar-refractivity contribution in [2.75, 3.05) is 25.1 Å². The minimum Gasteiger partial charge on any atom is -0.486 e. The van der Waals surface area contributed by atoms with Crippen molar-refractivity contribution in [2.45, 2.75) is 6.42 Å². The molecule has 0 radical (unpaired) electrons. The number of amides is 2. The first-order valence-electron chi connectivity index (χ1n) is 7.50. The Labute approximate surface area is 153 Å². The number of halogens is 2. The molecule has 5 nitrogen and oxygen atoms in total. The number of nitrogens with one attached hydrogen (secondary N) is 2. The molecule has 1 heterocycles. The second kappa shape index (κ2) is 7.77. The number of carbonyl (C=O) groups excluding carboxylic acids is 1. The van der Waals surface area contributed by atoms with E-state index >= 15 is 0 Å². The second-order valence-corrected chi connectivity index (χ2v) is 6.53. The first-order valence-corrected chi connectivity index (χ1v) is 8.67. The van der Waals surface area contributed by atoms with Crippen LogP contribution in [0.4, 0.5) is 10.5 Å². The Morgan fingerprint density at radius 3 is 2.67 bits per heavy atom. The molecule has 7 heteroatoms. The topological polar surface area (TPSA) is 59.6 Å². The third-order valence-corrected chi connectivity index (χ3v) is 4.36. The lowest BCUT2D eigenvalue weighted by Gasteiger charge is -2.20. The fourth-order valence-corrected chi connectivity index (χ4v) is 2.97. The van der Waals surface area contributed by atoms with Gasteiger partial charge in [0, 0.05) is 28.2 Å². The van der Waals surface area contributed by atoms with Crippen molar-refractivity contribution < 1.29 is 14.3 Å². The standard InChI is InChI=1S/C17H16BrClN2O3/c18-13-9-15-16(24-7-6-23-15)10-14(13)21-17(22)20-5-4-11-2-1-3-12(19)8-11/h1-3,8-10H,4-7H2,(H2,20,21,22). The molecule has 2 aromatic carbocycles. The molecule has 2 amide bonds. The summed E-state index contributed by atoms with van der Waals surface area (Å²) in [6, 6.07) is 10.8. The zero-order valence-corrected chi connectivity index (χ0v) is 15.1. The van der Waals surface area contributed by atoms with Crippen molar-refractivity contribution in [3.63, 3.8) is 0 Å². The molecule has 0 aromatic heterocycles. The van der Waals surface area contributed by atoms with Crippen LogP contribution in [0.15, 0.2) is 40.9 Å². The van der Waals surface area contributed by atoms with Gasteiger partial charge in [0.05, 0.1) is 5.69 Å². The Morgan fingerprint density at radius 1 is 1.17 bits per heavy atom. The summed E-state index contributed by atoms with van der Waals surface area (Å²) in [5.74, 6) is 1.29. The molecule has 0 spiro atoms. The molecule has 1 aliphatic heterocycles. The fraction of sp³-hybridized carbons (Fsp3) is 0.235. The number of carbonyl (C=O) groups is 1. The van der Waals surface area contributed by atoms with Gasteiger partial charge in [-0.15, -0.1) is 0 Å². The fourth-order valence-electron chi connectivity index (χ4n) is 2.34. The molecule has 126 valence electrons. The SMILES string of the molecule is O=C(NCCc1cccc(Cl)c1)Nc1cc2c(cc1Br)OCCO2. The Hall–Kier alpha value is -1.92. The minimum atomic E-state index is -0.283. The third kappa shape index (κ3) is 4.33. The van der Waals surface area contributed by atoms with E-state index in [1.165, 1.54) is 0 Å². The molecule has 0 bridgehead atoms. The summed E-state index contributed by atoms with van der Waals surface area (Å²) >= 11 is 9.37. The molecule has 0 unspecified atom stereocenters.